The van der Waals surface area contributed by atoms with E-state index in [0.717, 1.165) is 21.5 Å². The van der Waals surface area contributed by atoms with E-state index in [0.29, 0.717) is 5.69 Å². The molecule has 3 N–H and O–H groups in total. The fraction of sp³-hybridized carbons (Fsp3) is 0.375. The Morgan fingerprint density at radius 2 is 2.31 bits per heavy atom. The third kappa shape index (κ3) is 3.17. The van der Waals surface area contributed by atoms with Gasteiger partial charge in [0.1, 0.15) is 0 Å². The Balaban J connectivity index is 2.64. The number of hydrogen-bond acceptors (Lipinski definition) is 4. The highest BCUT2D eigenvalue weighted by Gasteiger charge is 2.04. The van der Waals surface area contributed by atoms with E-state index in [-0.39, 0.29) is 6.61 Å². The van der Waals surface area contributed by atoms with Crippen molar-refractivity contribution in [3.8, 4) is 0 Å². The molecule has 0 bridgehead atoms. The molecule has 0 radical (unpaired) electrons. The van der Waals surface area contributed by atoms with Gasteiger partial charge in [-0.1, -0.05) is 0 Å². The molecule has 0 atom stereocenters. The van der Waals surface area contributed by atoms with Crippen LogP contribution in [0.1, 0.15) is 6.42 Å². The van der Waals surface area contributed by atoms with Crippen LogP contribution in [-0.4, -0.2) is 22.5 Å². The van der Waals surface area contributed by atoms with E-state index in [2.05, 4.69) is 20.9 Å². The number of aliphatic hydroxyl groups is 1. The normalized spacial score (nSPS) is 10.3. The van der Waals surface area contributed by atoms with E-state index in [9.17, 15) is 0 Å². The van der Waals surface area contributed by atoms with Gasteiger partial charge in [-0.25, -0.2) is 0 Å². The molecule has 0 fully saturated rings. The Morgan fingerprint density at radius 3 is 2.92 bits per heavy atom. The zero-order chi connectivity index (χ0) is 9.68. The number of aromatic nitrogens is 1. The monoisotopic (exact) mass is 262 g/mol. The molecule has 0 aliphatic rings. The van der Waals surface area contributed by atoms with E-state index in [1.807, 2.05) is 0 Å². The lowest BCUT2D eigenvalue weighted by Gasteiger charge is -2.05. The SMILES string of the molecule is Nc1cncc(Br)c1SCCCO. The molecule has 1 heterocycles. The predicted octanol–water partition coefficient (Wildman–Crippen LogP) is 1.90. The number of hydrogen-bond donors (Lipinski definition) is 2. The van der Waals surface area contributed by atoms with Crippen molar-refractivity contribution in [1.29, 1.82) is 0 Å². The molecule has 3 nitrogen and oxygen atoms in total. The smallest absolute Gasteiger partial charge is 0.0650 e. The first-order chi connectivity index (χ1) is 6.25. The fourth-order valence-electron chi connectivity index (χ4n) is 0.829. The summed E-state index contributed by atoms with van der Waals surface area (Å²) in [7, 11) is 0. The second kappa shape index (κ2) is 5.47. The Hall–Kier alpha value is -0.260. The van der Waals surface area contributed by atoms with Crippen molar-refractivity contribution in [2.75, 3.05) is 18.1 Å². The quantitative estimate of drug-likeness (QED) is 0.643. The van der Waals surface area contributed by atoms with E-state index >= 15 is 0 Å². The first-order valence-corrected chi connectivity index (χ1v) is 5.66. The molecule has 5 heteroatoms. The maximum Gasteiger partial charge on any atom is 0.0650 e. The van der Waals surface area contributed by atoms with Crippen LogP contribution < -0.4 is 5.73 Å². The average molecular weight is 263 g/mol. The maximum absolute atomic E-state index is 8.61. The van der Waals surface area contributed by atoms with Crippen LogP contribution in [0, 0.1) is 0 Å². The summed E-state index contributed by atoms with van der Waals surface area (Å²) in [5, 5.41) is 8.61. The number of rotatable bonds is 4. The highest BCUT2D eigenvalue weighted by atomic mass is 79.9. The van der Waals surface area contributed by atoms with E-state index < -0.39 is 0 Å². The second-order valence-corrected chi connectivity index (χ2v) is 4.42. The Labute approximate surface area is 89.9 Å². The minimum absolute atomic E-state index is 0.218. The zero-order valence-corrected chi connectivity index (χ0v) is 9.44. The van der Waals surface area contributed by atoms with Crippen LogP contribution in [0.25, 0.3) is 0 Å². The van der Waals surface area contributed by atoms with Crippen molar-refractivity contribution in [3.63, 3.8) is 0 Å². The molecule has 1 aromatic rings. The lowest BCUT2D eigenvalue weighted by molar-refractivity contribution is 0.296. The summed E-state index contributed by atoms with van der Waals surface area (Å²) in [4.78, 5) is 4.94. The largest absolute Gasteiger partial charge is 0.397 e. The highest BCUT2D eigenvalue weighted by molar-refractivity contribution is 9.10. The summed E-state index contributed by atoms with van der Waals surface area (Å²) in [6, 6.07) is 0. The molecule has 1 aromatic heterocycles. The Kier molecular flexibility index (Phi) is 4.55. The van der Waals surface area contributed by atoms with Gasteiger partial charge in [0.05, 0.1) is 16.4 Å². The van der Waals surface area contributed by atoms with E-state index in [1.165, 1.54) is 0 Å². The minimum Gasteiger partial charge on any atom is -0.397 e. The molecule has 0 spiro atoms. The Morgan fingerprint density at radius 1 is 1.54 bits per heavy atom. The third-order valence-electron chi connectivity index (χ3n) is 1.43. The van der Waals surface area contributed by atoms with Crippen LogP contribution >= 0.6 is 27.7 Å². The fourth-order valence-corrected chi connectivity index (χ4v) is 2.41. The summed E-state index contributed by atoms with van der Waals surface area (Å²) in [6.07, 6.45) is 4.13. The van der Waals surface area contributed by atoms with Gasteiger partial charge >= 0.3 is 0 Å². The van der Waals surface area contributed by atoms with Crippen LogP contribution in [0.15, 0.2) is 21.8 Å². The van der Waals surface area contributed by atoms with Gasteiger partial charge in [-0.2, -0.15) is 0 Å². The summed E-state index contributed by atoms with van der Waals surface area (Å²) >= 11 is 5.00. The number of aliphatic hydroxyl groups excluding tert-OH is 1. The van der Waals surface area contributed by atoms with Crippen molar-refractivity contribution < 1.29 is 5.11 Å². The van der Waals surface area contributed by atoms with Gasteiger partial charge in [0, 0.05) is 23.5 Å². The average Bonchev–Trinajstić information content (AvgIpc) is 2.10. The third-order valence-corrected chi connectivity index (χ3v) is 3.53. The van der Waals surface area contributed by atoms with Gasteiger partial charge in [-0.05, 0) is 22.4 Å². The van der Waals surface area contributed by atoms with Crippen molar-refractivity contribution in [2.24, 2.45) is 0 Å². The van der Waals surface area contributed by atoms with Crippen LogP contribution in [0.2, 0.25) is 0 Å². The number of nitrogens with zero attached hydrogens (tertiary/aromatic N) is 1. The maximum atomic E-state index is 8.61. The molecule has 0 unspecified atom stereocenters. The first kappa shape index (κ1) is 10.8. The van der Waals surface area contributed by atoms with E-state index in [1.54, 1.807) is 24.2 Å². The standard InChI is InChI=1S/C8H11BrN2OS/c9-6-4-11-5-7(10)8(6)13-3-1-2-12/h4-5,12H,1-3,10H2. The van der Waals surface area contributed by atoms with Crippen molar-refractivity contribution in [3.05, 3.63) is 16.9 Å². The molecule has 0 saturated carbocycles. The van der Waals surface area contributed by atoms with Crippen LogP contribution in [0.5, 0.6) is 0 Å². The topological polar surface area (TPSA) is 59.1 Å². The number of nitrogens with two attached hydrogens (primary N) is 1. The molecule has 0 aliphatic heterocycles. The summed E-state index contributed by atoms with van der Waals surface area (Å²) in [6.45, 7) is 0.218. The second-order valence-electron chi connectivity index (χ2n) is 2.47. The van der Waals surface area contributed by atoms with Gasteiger partial charge in [0.15, 0.2) is 0 Å². The van der Waals surface area contributed by atoms with Gasteiger partial charge < -0.3 is 10.8 Å². The lowest BCUT2D eigenvalue weighted by atomic mass is 10.4. The molecule has 0 aromatic carbocycles. The number of pyridine rings is 1. The Bertz CT molecular complexity index is 263. The van der Waals surface area contributed by atoms with Crippen molar-refractivity contribution >= 4 is 33.4 Å². The van der Waals surface area contributed by atoms with Gasteiger partial charge in [0.2, 0.25) is 0 Å². The van der Waals surface area contributed by atoms with Crippen molar-refractivity contribution in [1.82, 2.24) is 4.98 Å². The lowest BCUT2D eigenvalue weighted by Crippen LogP contribution is -1.93. The van der Waals surface area contributed by atoms with Gasteiger partial charge in [0.25, 0.3) is 0 Å². The number of thioether (sulfide) groups is 1. The van der Waals surface area contributed by atoms with Crippen LogP contribution in [-0.2, 0) is 0 Å². The van der Waals surface area contributed by atoms with Crippen molar-refractivity contribution in [2.45, 2.75) is 11.3 Å². The number of anilines is 1. The summed E-state index contributed by atoms with van der Waals surface area (Å²) in [5.41, 5.74) is 6.41. The number of nitrogen functional groups attached to an aromatic ring is 1. The minimum atomic E-state index is 0.218. The molecule has 0 saturated heterocycles. The predicted molar refractivity (Wildman–Crippen MR) is 58.8 cm³/mol. The molecule has 0 amide bonds. The van der Waals surface area contributed by atoms with Crippen LogP contribution in [0.4, 0.5) is 5.69 Å². The van der Waals surface area contributed by atoms with Gasteiger partial charge in [-0.3, -0.25) is 4.98 Å². The van der Waals surface area contributed by atoms with Gasteiger partial charge in [-0.15, -0.1) is 11.8 Å². The zero-order valence-electron chi connectivity index (χ0n) is 7.03. The molecular formula is C8H11BrN2OS. The highest BCUT2D eigenvalue weighted by Crippen LogP contribution is 2.31. The number of halogens is 1. The van der Waals surface area contributed by atoms with Crippen LogP contribution in [0.3, 0.4) is 0 Å². The molecule has 0 aliphatic carbocycles. The summed E-state index contributed by atoms with van der Waals surface area (Å²) in [5.74, 6) is 0.864. The molecular weight excluding hydrogens is 252 g/mol. The molecule has 13 heavy (non-hydrogen) atoms. The molecule has 72 valence electrons. The van der Waals surface area contributed by atoms with E-state index in [4.69, 9.17) is 10.8 Å². The summed E-state index contributed by atoms with van der Waals surface area (Å²) < 4.78 is 0.912. The first-order valence-electron chi connectivity index (χ1n) is 3.88. The molecule has 1 rings (SSSR count).